The first kappa shape index (κ1) is 15.5. The number of carbonyl (C=O) groups excluding carboxylic acids is 2. The predicted molar refractivity (Wildman–Crippen MR) is 76.2 cm³/mol. The van der Waals surface area contributed by atoms with Gasteiger partial charge < -0.3 is 10.6 Å². The van der Waals surface area contributed by atoms with Crippen LogP contribution in [0.4, 0.5) is 0 Å². The third kappa shape index (κ3) is 4.24. The molecule has 2 amide bonds. The van der Waals surface area contributed by atoms with Crippen LogP contribution in [0.2, 0.25) is 5.02 Å². The molecule has 1 aromatic carbocycles. The molecule has 0 aliphatic heterocycles. The molecule has 1 rings (SSSR count). The molecule has 104 valence electrons. The number of rotatable bonds is 3. The van der Waals surface area contributed by atoms with Gasteiger partial charge in [-0.15, -0.1) is 0 Å². The second-order valence-electron chi connectivity index (χ2n) is 5.39. The van der Waals surface area contributed by atoms with Gasteiger partial charge in [-0.05, 0) is 29.7 Å². The van der Waals surface area contributed by atoms with Crippen molar-refractivity contribution >= 4 is 23.4 Å². The van der Waals surface area contributed by atoms with E-state index in [4.69, 9.17) is 11.6 Å². The van der Waals surface area contributed by atoms with Crippen molar-refractivity contribution in [3.05, 3.63) is 34.9 Å². The molecule has 0 bridgehead atoms. The van der Waals surface area contributed by atoms with Crippen LogP contribution in [-0.4, -0.2) is 24.9 Å². The monoisotopic (exact) mass is 282 g/mol. The number of likely N-dealkylation sites (N-methyl/N-ethyl adjacent to an activating group) is 1. The molecule has 2 N–H and O–H groups in total. The number of nitrogens with one attached hydrogen (secondary N) is 2. The van der Waals surface area contributed by atoms with Crippen LogP contribution in [0, 0.1) is 5.41 Å². The second-order valence-corrected chi connectivity index (χ2v) is 5.83. The van der Waals surface area contributed by atoms with Crippen LogP contribution in [0.25, 0.3) is 0 Å². The van der Waals surface area contributed by atoms with Gasteiger partial charge in [0.25, 0.3) is 5.91 Å². The highest BCUT2D eigenvalue weighted by atomic mass is 35.5. The normalized spacial score (nSPS) is 12.7. The Kier molecular flexibility index (Phi) is 4.95. The molecule has 5 heteroatoms. The van der Waals surface area contributed by atoms with Crippen LogP contribution in [0.5, 0.6) is 0 Å². The van der Waals surface area contributed by atoms with Crippen molar-refractivity contribution in [3.63, 3.8) is 0 Å². The summed E-state index contributed by atoms with van der Waals surface area (Å²) in [5, 5.41) is 5.88. The molecule has 0 fully saturated rings. The highest BCUT2D eigenvalue weighted by molar-refractivity contribution is 6.30. The van der Waals surface area contributed by atoms with Gasteiger partial charge in [0.15, 0.2) is 0 Å². The Hall–Kier alpha value is -1.55. The van der Waals surface area contributed by atoms with E-state index < -0.39 is 6.04 Å². The zero-order valence-electron chi connectivity index (χ0n) is 11.6. The van der Waals surface area contributed by atoms with Gasteiger partial charge in [0.2, 0.25) is 5.91 Å². The summed E-state index contributed by atoms with van der Waals surface area (Å²) >= 11 is 5.77. The largest absolute Gasteiger partial charge is 0.357 e. The highest BCUT2D eigenvalue weighted by Gasteiger charge is 2.32. The van der Waals surface area contributed by atoms with Crippen molar-refractivity contribution in [3.8, 4) is 0 Å². The van der Waals surface area contributed by atoms with E-state index >= 15 is 0 Å². The smallest absolute Gasteiger partial charge is 0.251 e. The lowest BCUT2D eigenvalue weighted by molar-refractivity contribution is -0.124. The zero-order chi connectivity index (χ0) is 14.6. The molecule has 4 nitrogen and oxygen atoms in total. The maximum atomic E-state index is 12.1. The van der Waals surface area contributed by atoms with Gasteiger partial charge in [-0.2, -0.15) is 0 Å². The van der Waals surface area contributed by atoms with Crippen molar-refractivity contribution in [2.45, 2.75) is 26.8 Å². The molecule has 0 radical (unpaired) electrons. The Morgan fingerprint density at radius 1 is 1.16 bits per heavy atom. The highest BCUT2D eigenvalue weighted by Crippen LogP contribution is 2.20. The topological polar surface area (TPSA) is 58.2 Å². The fraction of sp³-hybridized carbons (Fsp3) is 0.429. The molecular formula is C14H19ClN2O2. The minimum Gasteiger partial charge on any atom is -0.357 e. The fourth-order valence-electron chi connectivity index (χ4n) is 1.64. The van der Waals surface area contributed by atoms with Crippen LogP contribution >= 0.6 is 11.6 Å². The van der Waals surface area contributed by atoms with Crippen molar-refractivity contribution in [2.24, 2.45) is 5.41 Å². The first-order chi connectivity index (χ1) is 8.75. The lowest BCUT2D eigenvalue weighted by Gasteiger charge is -2.29. The molecule has 1 aromatic rings. The summed E-state index contributed by atoms with van der Waals surface area (Å²) in [4.78, 5) is 23.9. The van der Waals surface area contributed by atoms with E-state index in [0.717, 1.165) is 0 Å². The Bertz CT molecular complexity index is 463. The first-order valence-corrected chi connectivity index (χ1v) is 6.41. The van der Waals surface area contributed by atoms with Crippen molar-refractivity contribution in [1.82, 2.24) is 10.6 Å². The van der Waals surface area contributed by atoms with Gasteiger partial charge in [-0.1, -0.05) is 32.4 Å². The van der Waals surface area contributed by atoms with E-state index in [2.05, 4.69) is 10.6 Å². The van der Waals surface area contributed by atoms with Crippen molar-refractivity contribution in [2.75, 3.05) is 7.05 Å². The fourth-order valence-corrected chi connectivity index (χ4v) is 1.76. The Morgan fingerprint density at radius 3 is 2.11 bits per heavy atom. The van der Waals surface area contributed by atoms with Crippen LogP contribution in [0.1, 0.15) is 31.1 Å². The Balaban J connectivity index is 2.88. The Morgan fingerprint density at radius 2 is 1.68 bits per heavy atom. The first-order valence-electron chi connectivity index (χ1n) is 6.03. The lowest BCUT2D eigenvalue weighted by Crippen LogP contribution is -2.52. The number of hydrogen-bond acceptors (Lipinski definition) is 2. The van der Waals surface area contributed by atoms with E-state index in [0.29, 0.717) is 10.6 Å². The molecule has 0 aliphatic carbocycles. The van der Waals surface area contributed by atoms with Gasteiger partial charge in [-0.3, -0.25) is 9.59 Å². The number of halogens is 1. The standard InChI is InChI=1S/C14H19ClN2O2/c1-14(2,3)11(13(19)16-4)17-12(18)9-5-7-10(15)8-6-9/h5-8,11H,1-4H3,(H,16,19)(H,17,18). The third-order valence-electron chi connectivity index (χ3n) is 2.76. The van der Waals surface area contributed by atoms with E-state index in [1.165, 1.54) is 0 Å². The summed E-state index contributed by atoms with van der Waals surface area (Å²) in [6.45, 7) is 5.69. The van der Waals surface area contributed by atoms with Crippen molar-refractivity contribution in [1.29, 1.82) is 0 Å². The van der Waals surface area contributed by atoms with Gasteiger partial charge in [0.1, 0.15) is 6.04 Å². The van der Waals surface area contributed by atoms with Gasteiger partial charge in [-0.25, -0.2) is 0 Å². The molecule has 1 atom stereocenters. The maximum Gasteiger partial charge on any atom is 0.251 e. The van der Waals surface area contributed by atoms with Gasteiger partial charge >= 0.3 is 0 Å². The average molecular weight is 283 g/mol. The minimum atomic E-state index is -0.597. The van der Waals surface area contributed by atoms with Gasteiger partial charge in [0, 0.05) is 17.6 Å². The van der Waals surface area contributed by atoms with E-state index in [-0.39, 0.29) is 17.2 Å². The number of carbonyl (C=O) groups is 2. The maximum absolute atomic E-state index is 12.1. The molecular weight excluding hydrogens is 264 g/mol. The SMILES string of the molecule is CNC(=O)C(NC(=O)c1ccc(Cl)cc1)C(C)(C)C. The van der Waals surface area contributed by atoms with Crippen LogP contribution < -0.4 is 10.6 Å². The summed E-state index contributed by atoms with van der Waals surface area (Å²) in [5.74, 6) is -0.505. The molecule has 0 saturated carbocycles. The summed E-state index contributed by atoms with van der Waals surface area (Å²) < 4.78 is 0. The second kappa shape index (κ2) is 6.06. The molecule has 0 heterocycles. The molecule has 0 spiro atoms. The van der Waals surface area contributed by atoms with Gasteiger partial charge in [0.05, 0.1) is 0 Å². The molecule has 0 saturated heterocycles. The minimum absolute atomic E-state index is 0.213. The molecule has 1 unspecified atom stereocenters. The lowest BCUT2D eigenvalue weighted by atomic mass is 9.86. The van der Waals surface area contributed by atoms with Crippen LogP contribution in [-0.2, 0) is 4.79 Å². The average Bonchev–Trinajstić information content (AvgIpc) is 2.34. The van der Waals surface area contributed by atoms with E-state index in [9.17, 15) is 9.59 Å². The Labute approximate surface area is 118 Å². The number of benzene rings is 1. The summed E-state index contributed by atoms with van der Waals surface area (Å²) in [6.07, 6.45) is 0. The van der Waals surface area contributed by atoms with Crippen LogP contribution in [0.15, 0.2) is 24.3 Å². The predicted octanol–water partition coefficient (Wildman–Crippen LogP) is 2.23. The molecule has 0 aromatic heterocycles. The van der Waals surface area contributed by atoms with E-state index in [1.54, 1.807) is 31.3 Å². The molecule has 0 aliphatic rings. The number of hydrogen-bond donors (Lipinski definition) is 2. The summed E-state index contributed by atoms with van der Waals surface area (Å²) in [7, 11) is 1.55. The molecule has 19 heavy (non-hydrogen) atoms. The van der Waals surface area contributed by atoms with Crippen molar-refractivity contribution < 1.29 is 9.59 Å². The number of amides is 2. The summed E-state index contributed by atoms with van der Waals surface area (Å²) in [6, 6.07) is 5.94. The zero-order valence-corrected chi connectivity index (χ0v) is 12.3. The van der Waals surface area contributed by atoms with E-state index in [1.807, 2.05) is 20.8 Å². The van der Waals surface area contributed by atoms with Crippen LogP contribution in [0.3, 0.4) is 0 Å². The quantitative estimate of drug-likeness (QED) is 0.893. The third-order valence-corrected chi connectivity index (χ3v) is 3.01. The summed E-state index contributed by atoms with van der Waals surface area (Å²) in [5.41, 5.74) is 0.102.